The minimum absolute atomic E-state index is 0.133. The monoisotopic (exact) mass is 543 g/mol. The van der Waals surface area contributed by atoms with Crippen LogP contribution in [0.5, 0.6) is 23.0 Å². The van der Waals surface area contributed by atoms with Crippen molar-refractivity contribution in [3.05, 3.63) is 106 Å². The molecule has 0 saturated carbocycles. The van der Waals surface area contributed by atoms with Crippen LogP contribution in [-0.4, -0.2) is 30.9 Å². The number of nitrogens with zero attached hydrogens (tertiary/aromatic N) is 2. The predicted octanol–water partition coefficient (Wildman–Crippen LogP) is 6.41. The Morgan fingerprint density at radius 3 is 2.62 bits per heavy atom. The van der Waals surface area contributed by atoms with E-state index in [-0.39, 0.29) is 12.8 Å². The smallest absolute Gasteiger partial charge is 0.231 e. The van der Waals surface area contributed by atoms with Crippen molar-refractivity contribution < 1.29 is 18.9 Å². The number of hydrogen-bond acceptors (Lipinski definition) is 8. The molecule has 39 heavy (non-hydrogen) atoms. The van der Waals surface area contributed by atoms with Crippen LogP contribution in [0.1, 0.15) is 40.4 Å². The first-order valence-corrected chi connectivity index (χ1v) is 13.7. The summed E-state index contributed by atoms with van der Waals surface area (Å²) in [6, 6.07) is 22.5. The van der Waals surface area contributed by atoms with Crippen molar-refractivity contribution in [1.29, 1.82) is 0 Å². The van der Waals surface area contributed by atoms with Crippen LogP contribution in [0.2, 0.25) is 0 Å². The van der Waals surface area contributed by atoms with Crippen molar-refractivity contribution in [3.63, 3.8) is 0 Å². The van der Waals surface area contributed by atoms with Crippen LogP contribution in [-0.2, 0) is 19.6 Å². The zero-order valence-electron chi connectivity index (χ0n) is 22.5. The van der Waals surface area contributed by atoms with E-state index in [4.69, 9.17) is 23.9 Å². The van der Waals surface area contributed by atoms with Gasteiger partial charge in [0.05, 0.1) is 32.2 Å². The second kappa shape index (κ2) is 12.2. The summed E-state index contributed by atoms with van der Waals surface area (Å²) in [6.07, 6.45) is 0. The number of methoxy groups -OCH3 is 2. The van der Waals surface area contributed by atoms with Gasteiger partial charge in [-0.1, -0.05) is 49.0 Å². The summed E-state index contributed by atoms with van der Waals surface area (Å²) in [5.41, 5.74) is 5.08. The molecule has 1 atom stereocenters. The molecule has 1 N–H and O–H groups in total. The number of nitrogens with one attached hydrogen (secondary N) is 1. The molecule has 0 fully saturated rings. The van der Waals surface area contributed by atoms with E-state index < -0.39 is 0 Å². The zero-order valence-corrected chi connectivity index (χ0v) is 23.3. The maximum Gasteiger partial charge on any atom is 0.231 e. The van der Waals surface area contributed by atoms with E-state index in [9.17, 15) is 0 Å². The minimum Gasteiger partial charge on any atom is -0.497 e. The predicted molar refractivity (Wildman–Crippen MR) is 154 cm³/mol. The lowest BCUT2D eigenvalue weighted by Gasteiger charge is -2.23. The topological polar surface area (TPSA) is 65.1 Å². The molecule has 0 amide bonds. The van der Waals surface area contributed by atoms with E-state index in [1.807, 2.05) is 48.5 Å². The van der Waals surface area contributed by atoms with E-state index in [1.165, 1.54) is 5.56 Å². The fourth-order valence-corrected chi connectivity index (χ4v) is 5.41. The van der Waals surface area contributed by atoms with Crippen LogP contribution in [0.15, 0.2) is 78.7 Å². The minimum atomic E-state index is 0.133. The maximum atomic E-state index is 5.68. The molecule has 8 heteroatoms. The van der Waals surface area contributed by atoms with Crippen molar-refractivity contribution in [2.45, 2.75) is 32.6 Å². The van der Waals surface area contributed by atoms with Gasteiger partial charge in [0.1, 0.15) is 16.5 Å². The average molecular weight is 544 g/mol. The second-order valence-corrected chi connectivity index (χ2v) is 10.3. The quantitative estimate of drug-likeness (QED) is 0.221. The number of ether oxygens (including phenoxy) is 4. The molecule has 1 unspecified atom stereocenters. The van der Waals surface area contributed by atoms with Gasteiger partial charge in [-0.2, -0.15) is 0 Å². The van der Waals surface area contributed by atoms with E-state index >= 15 is 0 Å². The Bertz CT molecular complexity index is 1420. The highest BCUT2D eigenvalue weighted by Gasteiger charge is 2.18. The largest absolute Gasteiger partial charge is 0.497 e. The fraction of sp³-hybridized carbons (Fsp3) is 0.258. The van der Waals surface area contributed by atoms with Crippen molar-refractivity contribution >= 4 is 17.0 Å². The van der Waals surface area contributed by atoms with Gasteiger partial charge in [-0.15, -0.1) is 11.3 Å². The first-order valence-electron chi connectivity index (χ1n) is 12.8. The van der Waals surface area contributed by atoms with Gasteiger partial charge in [0.2, 0.25) is 6.79 Å². The van der Waals surface area contributed by atoms with Crippen molar-refractivity contribution in [2.24, 2.45) is 0 Å². The Labute approximate surface area is 233 Å². The fourth-order valence-electron chi connectivity index (χ4n) is 4.56. The molecule has 7 nitrogen and oxygen atoms in total. The van der Waals surface area contributed by atoms with Gasteiger partial charge < -0.3 is 24.3 Å². The molecule has 202 valence electrons. The molecule has 3 aromatic carbocycles. The molecule has 0 bridgehead atoms. The van der Waals surface area contributed by atoms with E-state index in [2.05, 4.69) is 47.3 Å². The molecule has 2 heterocycles. The summed E-state index contributed by atoms with van der Waals surface area (Å²) in [5.74, 6) is 3.11. The van der Waals surface area contributed by atoms with E-state index in [0.717, 1.165) is 50.5 Å². The third kappa shape index (κ3) is 6.53. The standard InChI is InChI=1S/C31H33N3O4S/c1-21(24-8-6-5-7-9-24)32-22(2)27-19-39-31(33-27)18-34(16-23-10-13-28-30(14-23)38-20-37-28)17-25-11-12-26(35-3)15-29(25)36-4/h5-15,19,21,32H,2,16-18,20H2,1,3-4H3. The van der Waals surface area contributed by atoms with Gasteiger partial charge in [0.25, 0.3) is 0 Å². The lowest BCUT2D eigenvalue weighted by molar-refractivity contribution is 0.174. The Kier molecular flexibility index (Phi) is 8.34. The van der Waals surface area contributed by atoms with Gasteiger partial charge in [-0.05, 0) is 36.2 Å². The normalized spacial score (nSPS) is 12.8. The van der Waals surface area contributed by atoms with Crippen LogP contribution in [0.25, 0.3) is 5.70 Å². The molecular formula is C31H33N3O4S. The third-order valence-electron chi connectivity index (χ3n) is 6.64. The highest BCUT2D eigenvalue weighted by atomic mass is 32.1. The molecule has 1 aliphatic heterocycles. The van der Waals surface area contributed by atoms with Crippen LogP contribution >= 0.6 is 11.3 Å². The van der Waals surface area contributed by atoms with Crippen LogP contribution in [0.3, 0.4) is 0 Å². The lowest BCUT2D eigenvalue weighted by atomic mass is 10.1. The highest BCUT2D eigenvalue weighted by molar-refractivity contribution is 7.09. The number of hydrogen-bond donors (Lipinski definition) is 1. The summed E-state index contributed by atoms with van der Waals surface area (Å²) in [6.45, 7) is 8.67. The third-order valence-corrected chi connectivity index (χ3v) is 7.48. The van der Waals surface area contributed by atoms with Gasteiger partial charge in [-0.25, -0.2) is 4.98 Å². The summed E-state index contributed by atoms with van der Waals surface area (Å²) in [4.78, 5) is 7.27. The van der Waals surface area contributed by atoms with Crippen LogP contribution < -0.4 is 24.3 Å². The van der Waals surface area contributed by atoms with Crippen molar-refractivity contribution in [1.82, 2.24) is 15.2 Å². The van der Waals surface area contributed by atoms with Crippen LogP contribution in [0.4, 0.5) is 0 Å². The Balaban J connectivity index is 1.33. The lowest BCUT2D eigenvalue weighted by Crippen LogP contribution is -2.23. The highest BCUT2D eigenvalue weighted by Crippen LogP contribution is 2.34. The van der Waals surface area contributed by atoms with Gasteiger partial charge in [-0.3, -0.25) is 4.90 Å². The van der Waals surface area contributed by atoms with Gasteiger partial charge in [0, 0.05) is 36.1 Å². The molecule has 5 rings (SSSR count). The zero-order chi connectivity index (χ0) is 27.2. The molecule has 0 aliphatic carbocycles. The van der Waals surface area contributed by atoms with Gasteiger partial charge in [0.15, 0.2) is 11.5 Å². The van der Waals surface area contributed by atoms with Crippen molar-refractivity contribution in [3.8, 4) is 23.0 Å². The second-order valence-electron chi connectivity index (χ2n) is 9.39. The maximum absolute atomic E-state index is 5.68. The number of rotatable bonds is 12. The molecule has 4 aromatic rings. The Morgan fingerprint density at radius 2 is 1.82 bits per heavy atom. The van der Waals surface area contributed by atoms with Gasteiger partial charge >= 0.3 is 0 Å². The average Bonchev–Trinajstić information content (AvgIpc) is 3.63. The molecule has 1 aromatic heterocycles. The summed E-state index contributed by atoms with van der Waals surface area (Å²) in [7, 11) is 3.34. The Morgan fingerprint density at radius 1 is 1.00 bits per heavy atom. The molecule has 0 radical (unpaired) electrons. The molecule has 1 aliphatic rings. The summed E-state index contributed by atoms with van der Waals surface area (Å²) < 4.78 is 22.2. The van der Waals surface area contributed by atoms with E-state index in [1.54, 1.807) is 25.6 Å². The van der Waals surface area contributed by atoms with Crippen molar-refractivity contribution in [2.75, 3.05) is 21.0 Å². The van der Waals surface area contributed by atoms with E-state index in [0.29, 0.717) is 19.6 Å². The number of fused-ring (bicyclic) bond motifs is 1. The molecular weight excluding hydrogens is 510 g/mol. The number of aromatic nitrogens is 1. The SMILES string of the molecule is C=C(NC(C)c1ccccc1)c1csc(CN(Cc2ccc3c(c2)OCO3)Cc2ccc(OC)cc2OC)n1. The van der Waals surface area contributed by atoms with Crippen LogP contribution in [0, 0.1) is 0 Å². The molecule has 0 saturated heterocycles. The number of thiazole rings is 1. The first kappa shape index (κ1) is 26.6. The Hall–Kier alpha value is -4.01. The first-order chi connectivity index (χ1) is 19.0. The summed E-state index contributed by atoms with van der Waals surface area (Å²) in [5, 5.41) is 6.56. The number of benzene rings is 3. The summed E-state index contributed by atoms with van der Waals surface area (Å²) >= 11 is 1.64. The molecule has 0 spiro atoms.